The maximum atomic E-state index is 11.7. The normalized spacial score (nSPS) is 11.0. The summed E-state index contributed by atoms with van der Waals surface area (Å²) in [6.45, 7) is 3.17. The van der Waals surface area contributed by atoms with Gasteiger partial charge in [-0.25, -0.2) is 13.2 Å². The predicted molar refractivity (Wildman–Crippen MR) is 75.1 cm³/mol. The fourth-order valence-electron chi connectivity index (χ4n) is 1.48. The minimum Gasteiger partial charge on any atom is -0.478 e. The number of oxime groups is 1. The predicted octanol–water partition coefficient (Wildman–Crippen LogP) is 2.35. The lowest BCUT2D eigenvalue weighted by atomic mass is 10.1. The first kappa shape index (κ1) is 16.5. The van der Waals surface area contributed by atoms with Crippen LogP contribution in [0.25, 0.3) is 0 Å². The lowest BCUT2D eigenvalue weighted by molar-refractivity contribution is 0.0696. The van der Waals surface area contributed by atoms with Crippen LogP contribution in [0.1, 0.15) is 29.8 Å². The summed E-state index contributed by atoms with van der Waals surface area (Å²) in [5, 5.41) is 12.5. The zero-order chi connectivity index (χ0) is 15.5. The van der Waals surface area contributed by atoms with E-state index in [0.717, 1.165) is 12.3 Å². The van der Waals surface area contributed by atoms with E-state index < -0.39 is 15.8 Å². The zero-order valence-electron chi connectivity index (χ0n) is 11.2. The average molecular weight is 320 g/mol. The van der Waals surface area contributed by atoms with Crippen molar-refractivity contribution >= 4 is 33.1 Å². The maximum Gasteiger partial charge on any atom is 0.337 e. The van der Waals surface area contributed by atoms with Crippen molar-refractivity contribution in [3.05, 3.63) is 28.3 Å². The lowest BCUT2D eigenvalue weighted by Crippen LogP contribution is -2.08. The van der Waals surface area contributed by atoms with Gasteiger partial charge in [-0.05, 0) is 26.0 Å². The Hall–Kier alpha value is -1.60. The van der Waals surface area contributed by atoms with Crippen molar-refractivity contribution in [2.75, 3.05) is 6.26 Å². The molecule has 20 heavy (non-hydrogen) atoms. The molecule has 0 aliphatic heterocycles. The van der Waals surface area contributed by atoms with Gasteiger partial charge in [-0.2, -0.15) is 0 Å². The highest BCUT2D eigenvalue weighted by Crippen LogP contribution is 2.28. The van der Waals surface area contributed by atoms with Gasteiger partial charge in [0.15, 0.2) is 9.84 Å². The van der Waals surface area contributed by atoms with Gasteiger partial charge in [0, 0.05) is 11.8 Å². The molecule has 0 radical (unpaired) electrons. The number of sulfone groups is 1. The number of halogens is 1. The van der Waals surface area contributed by atoms with E-state index in [1.165, 1.54) is 6.07 Å². The van der Waals surface area contributed by atoms with Crippen LogP contribution in [0.2, 0.25) is 5.02 Å². The number of hydrogen-bond donors (Lipinski definition) is 1. The Morgan fingerprint density at radius 3 is 2.45 bits per heavy atom. The molecule has 0 saturated heterocycles. The quantitative estimate of drug-likeness (QED) is 0.664. The van der Waals surface area contributed by atoms with E-state index in [1.54, 1.807) is 13.8 Å². The Morgan fingerprint density at radius 2 is 2.00 bits per heavy atom. The van der Waals surface area contributed by atoms with E-state index in [1.807, 2.05) is 0 Å². The molecule has 1 aromatic rings. The van der Waals surface area contributed by atoms with E-state index in [9.17, 15) is 13.2 Å². The van der Waals surface area contributed by atoms with Crippen LogP contribution in [-0.2, 0) is 21.3 Å². The van der Waals surface area contributed by atoms with Crippen molar-refractivity contribution in [2.24, 2.45) is 5.16 Å². The molecule has 0 aliphatic carbocycles. The molecule has 0 atom stereocenters. The van der Waals surface area contributed by atoms with Crippen LogP contribution >= 0.6 is 11.6 Å². The standard InChI is InChI=1S/C12H14ClNO5S/c1-7(2)14-19-6-9-10(20(3,17)18)5-4-8(11(9)13)12(15)16/h4-5H,6H2,1-3H3,(H,15,16). The topological polar surface area (TPSA) is 93.0 Å². The number of rotatable bonds is 5. The monoisotopic (exact) mass is 319 g/mol. The van der Waals surface area contributed by atoms with E-state index in [0.29, 0.717) is 5.71 Å². The van der Waals surface area contributed by atoms with Crippen molar-refractivity contribution < 1.29 is 23.2 Å². The third-order valence-electron chi connectivity index (χ3n) is 2.29. The second-order valence-corrected chi connectivity index (χ2v) is 6.66. The molecule has 8 heteroatoms. The Bertz CT molecular complexity index is 663. The molecular weight excluding hydrogens is 306 g/mol. The smallest absolute Gasteiger partial charge is 0.337 e. The Labute approximate surface area is 121 Å². The van der Waals surface area contributed by atoms with Crippen LogP contribution < -0.4 is 0 Å². The van der Waals surface area contributed by atoms with Crippen molar-refractivity contribution in [1.82, 2.24) is 0 Å². The van der Waals surface area contributed by atoms with Gasteiger partial charge >= 0.3 is 5.97 Å². The van der Waals surface area contributed by atoms with E-state index >= 15 is 0 Å². The third-order valence-corrected chi connectivity index (χ3v) is 3.90. The summed E-state index contributed by atoms with van der Waals surface area (Å²) in [6.07, 6.45) is 1.01. The van der Waals surface area contributed by atoms with Crippen LogP contribution in [-0.4, -0.2) is 31.5 Å². The molecule has 0 bridgehead atoms. The van der Waals surface area contributed by atoms with Crippen molar-refractivity contribution in [2.45, 2.75) is 25.3 Å². The fraction of sp³-hybridized carbons (Fsp3) is 0.333. The van der Waals surface area contributed by atoms with Gasteiger partial charge in [0.2, 0.25) is 0 Å². The molecule has 1 aromatic carbocycles. The van der Waals surface area contributed by atoms with Crippen molar-refractivity contribution in [1.29, 1.82) is 0 Å². The highest BCUT2D eigenvalue weighted by atomic mass is 35.5. The van der Waals surface area contributed by atoms with E-state index in [2.05, 4.69) is 5.16 Å². The number of aromatic carboxylic acids is 1. The number of benzene rings is 1. The van der Waals surface area contributed by atoms with Gasteiger partial charge in [-0.3, -0.25) is 0 Å². The summed E-state index contributed by atoms with van der Waals surface area (Å²) in [5.74, 6) is -1.24. The first-order valence-corrected chi connectivity index (χ1v) is 7.79. The van der Waals surface area contributed by atoms with Gasteiger partial charge in [0.1, 0.15) is 6.61 Å². The van der Waals surface area contributed by atoms with Crippen LogP contribution in [0.5, 0.6) is 0 Å². The molecule has 0 fully saturated rings. The van der Waals surface area contributed by atoms with Gasteiger partial charge in [-0.1, -0.05) is 16.8 Å². The SMILES string of the molecule is CC(C)=NOCc1c(S(C)(=O)=O)ccc(C(=O)O)c1Cl. The molecule has 0 unspecified atom stereocenters. The first-order valence-electron chi connectivity index (χ1n) is 5.52. The summed E-state index contributed by atoms with van der Waals surface area (Å²) >= 11 is 5.96. The molecule has 0 heterocycles. The van der Waals surface area contributed by atoms with E-state index in [-0.39, 0.29) is 27.7 Å². The third kappa shape index (κ3) is 3.94. The van der Waals surface area contributed by atoms with Crippen molar-refractivity contribution in [3.63, 3.8) is 0 Å². The maximum absolute atomic E-state index is 11.7. The number of nitrogens with zero attached hydrogens (tertiary/aromatic N) is 1. The van der Waals surface area contributed by atoms with E-state index in [4.69, 9.17) is 21.5 Å². The van der Waals surface area contributed by atoms with Gasteiger partial charge < -0.3 is 9.94 Å². The fourth-order valence-corrected chi connectivity index (χ4v) is 2.76. The minimum atomic E-state index is -3.55. The Kier molecular flexibility index (Phi) is 5.13. The number of hydrogen-bond acceptors (Lipinski definition) is 5. The summed E-state index contributed by atoms with van der Waals surface area (Å²) in [7, 11) is -3.55. The second kappa shape index (κ2) is 6.23. The summed E-state index contributed by atoms with van der Waals surface area (Å²) in [5.41, 5.74) is 0.533. The Balaban J connectivity index is 3.38. The molecule has 110 valence electrons. The van der Waals surface area contributed by atoms with Gasteiger partial charge in [0.05, 0.1) is 21.2 Å². The van der Waals surface area contributed by atoms with Crippen LogP contribution in [0.4, 0.5) is 0 Å². The molecule has 6 nitrogen and oxygen atoms in total. The molecule has 0 saturated carbocycles. The van der Waals surface area contributed by atoms with Crippen LogP contribution in [0.3, 0.4) is 0 Å². The van der Waals surface area contributed by atoms with Crippen molar-refractivity contribution in [3.8, 4) is 0 Å². The molecule has 0 aromatic heterocycles. The van der Waals surface area contributed by atoms with Crippen LogP contribution in [0, 0.1) is 0 Å². The molecule has 1 N–H and O–H groups in total. The highest BCUT2D eigenvalue weighted by molar-refractivity contribution is 7.90. The Morgan fingerprint density at radius 1 is 1.40 bits per heavy atom. The lowest BCUT2D eigenvalue weighted by Gasteiger charge is -2.11. The summed E-state index contributed by atoms with van der Waals surface area (Å²) in [6, 6.07) is 2.35. The molecule has 0 spiro atoms. The molecule has 1 rings (SSSR count). The number of carbonyl (C=O) groups is 1. The highest BCUT2D eigenvalue weighted by Gasteiger charge is 2.21. The second-order valence-electron chi connectivity index (χ2n) is 4.29. The first-order chi connectivity index (χ1) is 9.14. The summed E-state index contributed by atoms with van der Waals surface area (Å²) < 4.78 is 23.4. The van der Waals surface area contributed by atoms with Crippen LogP contribution in [0.15, 0.2) is 22.2 Å². The van der Waals surface area contributed by atoms with Gasteiger partial charge in [0.25, 0.3) is 0 Å². The zero-order valence-corrected chi connectivity index (χ0v) is 12.7. The summed E-state index contributed by atoms with van der Waals surface area (Å²) in [4.78, 5) is 15.9. The number of carboxylic acids is 1. The minimum absolute atomic E-state index is 0.0727. The largest absolute Gasteiger partial charge is 0.478 e. The molecular formula is C12H14ClNO5S. The number of carboxylic acid groups (broad SMARTS) is 1. The molecule has 0 amide bonds. The van der Waals surface area contributed by atoms with Gasteiger partial charge in [-0.15, -0.1) is 0 Å². The average Bonchev–Trinajstić information content (AvgIpc) is 2.28. The molecule has 0 aliphatic rings.